The Morgan fingerprint density at radius 2 is 1.95 bits per heavy atom. The number of hydrogen-bond donors (Lipinski definition) is 2. The highest BCUT2D eigenvalue weighted by Gasteiger charge is 2.28. The summed E-state index contributed by atoms with van der Waals surface area (Å²) in [6.07, 6.45) is 0.0450. The largest absolute Gasteiger partial charge is 0.479 e. The molecular weight excluding hydrogens is 280 g/mol. The van der Waals surface area contributed by atoms with Gasteiger partial charge in [-0.05, 0) is 19.8 Å². The van der Waals surface area contributed by atoms with Crippen LogP contribution in [-0.4, -0.2) is 67.4 Å². The second-order valence-corrected chi connectivity index (χ2v) is 4.76. The Labute approximate surface area is 123 Å². The number of aliphatic carboxylic acids is 1. The highest BCUT2D eigenvalue weighted by atomic mass is 16.5. The predicted octanol–water partition coefficient (Wildman–Crippen LogP) is 0.0707. The number of methoxy groups -OCH3 is 1. The molecule has 1 aliphatic rings. The Hall–Kier alpha value is -1.83. The van der Waals surface area contributed by atoms with Gasteiger partial charge in [-0.1, -0.05) is 0 Å². The third-order valence-corrected chi connectivity index (χ3v) is 3.40. The van der Waals surface area contributed by atoms with Crippen LogP contribution in [-0.2, 0) is 19.1 Å². The standard InChI is InChI=1S/C13H22N2O6/c1-3-21-12(18)9-4-6-15(7-5-9)13(19)14-8-10(20-2)11(16)17/h9-10H,3-8H2,1-2H3,(H,14,19)(H,16,17). The number of carbonyl (C=O) groups is 3. The SMILES string of the molecule is CCOC(=O)C1CCN(C(=O)NCC(OC)C(=O)O)CC1. The zero-order valence-corrected chi connectivity index (χ0v) is 12.3. The number of urea groups is 1. The second kappa shape index (κ2) is 8.46. The molecule has 8 nitrogen and oxygen atoms in total. The van der Waals surface area contributed by atoms with Crippen LogP contribution in [0.5, 0.6) is 0 Å². The van der Waals surface area contributed by atoms with Crippen molar-refractivity contribution in [3.63, 3.8) is 0 Å². The minimum absolute atomic E-state index is 0.0948. The fourth-order valence-corrected chi connectivity index (χ4v) is 2.14. The number of rotatable bonds is 6. The first kappa shape index (κ1) is 17.2. The van der Waals surface area contributed by atoms with Crippen LogP contribution in [0, 0.1) is 5.92 Å². The number of amides is 2. The molecule has 0 spiro atoms. The fourth-order valence-electron chi connectivity index (χ4n) is 2.14. The van der Waals surface area contributed by atoms with E-state index in [1.807, 2.05) is 0 Å². The van der Waals surface area contributed by atoms with Crippen molar-refractivity contribution in [1.29, 1.82) is 0 Å². The Balaban J connectivity index is 2.35. The van der Waals surface area contributed by atoms with Gasteiger partial charge in [-0.25, -0.2) is 9.59 Å². The maximum absolute atomic E-state index is 11.9. The van der Waals surface area contributed by atoms with E-state index in [1.54, 1.807) is 11.8 Å². The van der Waals surface area contributed by atoms with E-state index in [0.29, 0.717) is 32.5 Å². The first-order valence-electron chi connectivity index (χ1n) is 6.94. The molecule has 120 valence electrons. The zero-order chi connectivity index (χ0) is 15.8. The van der Waals surface area contributed by atoms with Crippen molar-refractivity contribution in [2.75, 3.05) is 33.4 Å². The first-order chi connectivity index (χ1) is 9.99. The smallest absolute Gasteiger partial charge is 0.334 e. The third kappa shape index (κ3) is 5.22. The van der Waals surface area contributed by atoms with Crippen molar-refractivity contribution in [2.24, 2.45) is 5.92 Å². The highest BCUT2D eigenvalue weighted by Crippen LogP contribution is 2.18. The van der Waals surface area contributed by atoms with E-state index in [1.165, 1.54) is 7.11 Å². The number of hydrogen-bond acceptors (Lipinski definition) is 5. The maximum atomic E-state index is 11.9. The molecule has 1 saturated heterocycles. The van der Waals surface area contributed by atoms with Crippen LogP contribution in [0.1, 0.15) is 19.8 Å². The summed E-state index contributed by atoms with van der Waals surface area (Å²) in [5, 5.41) is 11.3. The molecule has 0 aliphatic carbocycles. The van der Waals surface area contributed by atoms with Gasteiger partial charge in [0.05, 0.1) is 19.1 Å². The third-order valence-electron chi connectivity index (χ3n) is 3.40. The zero-order valence-electron chi connectivity index (χ0n) is 12.3. The number of carbonyl (C=O) groups excluding carboxylic acids is 2. The van der Waals surface area contributed by atoms with Crippen LogP contribution < -0.4 is 5.32 Å². The minimum atomic E-state index is -1.13. The molecule has 0 aromatic carbocycles. The van der Waals surface area contributed by atoms with E-state index in [9.17, 15) is 14.4 Å². The van der Waals surface area contributed by atoms with E-state index in [0.717, 1.165) is 0 Å². The van der Waals surface area contributed by atoms with E-state index < -0.39 is 12.1 Å². The van der Waals surface area contributed by atoms with E-state index in [-0.39, 0.29) is 24.5 Å². The number of nitrogens with one attached hydrogen (secondary N) is 1. The van der Waals surface area contributed by atoms with E-state index in [4.69, 9.17) is 14.6 Å². The second-order valence-electron chi connectivity index (χ2n) is 4.76. The number of likely N-dealkylation sites (tertiary alicyclic amines) is 1. The Kier molecular flexibility index (Phi) is 6.93. The average molecular weight is 302 g/mol. The van der Waals surface area contributed by atoms with Gasteiger partial charge < -0.3 is 24.8 Å². The fraction of sp³-hybridized carbons (Fsp3) is 0.769. The molecule has 1 heterocycles. The van der Waals surface area contributed by atoms with Crippen molar-refractivity contribution in [2.45, 2.75) is 25.9 Å². The van der Waals surface area contributed by atoms with Crippen LogP contribution >= 0.6 is 0 Å². The van der Waals surface area contributed by atoms with Gasteiger partial charge in [0, 0.05) is 20.2 Å². The van der Waals surface area contributed by atoms with Crippen molar-refractivity contribution in [3.05, 3.63) is 0 Å². The molecule has 1 rings (SSSR count). The van der Waals surface area contributed by atoms with Crippen LogP contribution in [0.15, 0.2) is 0 Å². The first-order valence-corrected chi connectivity index (χ1v) is 6.94. The molecule has 8 heteroatoms. The van der Waals surface area contributed by atoms with E-state index >= 15 is 0 Å². The summed E-state index contributed by atoms with van der Waals surface area (Å²) in [7, 11) is 1.27. The predicted molar refractivity (Wildman–Crippen MR) is 72.8 cm³/mol. The normalized spacial score (nSPS) is 17.1. The Morgan fingerprint density at radius 1 is 1.33 bits per heavy atom. The summed E-state index contributed by atoms with van der Waals surface area (Å²) < 4.78 is 9.69. The number of esters is 1. The van der Waals surface area contributed by atoms with Gasteiger partial charge in [0.1, 0.15) is 0 Å². The maximum Gasteiger partial charge on any atom is 0.334 e. The minimum Gasteiger partial charge on any atom is -0.479 e. The van der Waals surface area contributed by atoms with Crippen LogP contribution in [0.3, 0.4) is 0 Å². The number of carboxylic acid groups (broad SMARTS) is 1. The van der Waals surface area contributed by atoms with Crippen molar-refractivity contribution >= 4 is 18.0 Å². The van der Waals surface area contributed by atoms with Crippen LogP contribution in [0.4, 0.5) is 4.79 Å². The van der Waals surface area contributed by atoms with Gasteiger partial charge in [0.25, 0.3) is 0 Å². The molecule has 1 fully saturated rings. The Bertz CT molecular complexity index is 379. The van der Waals surface area contributed by atoms with Gasteiger partial charge in [-0.15, -0.1) is 0 Å². The monoisotopic (exact) mass is 302 g/mol. The summed E-state index contributed by atoms with van der Waals surface area (Å²) >= 11 is 0. The van der Waals surface area contributed by atoms with Gasteiger partial charge in [0.15, 0.2) is 6.10 Å². The number of carboxylic acids is 1. The molecule has 2 N–H and O–H groups in total. The lowest BCUT2D eigenvalue weighted by molar-refractivity contribution is -0.150. The van der Waals surface area contributed by atoms with Crippen molar-refractivity contribution < 1.29 is 29.0 Å². The summed E-state index contributed by atoms with van der Waals surface area (Å²) in [5.74, 6) is -1.51. The van der Waals surface area contributed by atoms with Gasteiger partial charge in [-0.3, -0.25) is 4.79 Å². The molecule has 0 bridgehead atoms. The van der Waals surface area contributed by atoms with E-state index in [2.05, 4.69) is 5.32 Å². The molecule has 0 aromatic rings. The molecule has 1 atom stereocenters. The highest BCUT2D eigenvalue weighted by molar-refractivity contribution is 5.77. The topological polar surface area (TPSA) is 105 Å². The van der Waals surface area contributed by atoms with Crippen LogP contribution in [0.2, 0.25) is 0 Å². The Morgan fingerprint density at radius 3 is 2.43 bits per heavy atom. The molecule has 2 amide bonds. The summed E-state index contributed by atoms with van der Waals surface area (Å²) in [6.45, 7) is 2.91. The molecule has 1 aliphatic heterocycles. The summed E-state index contributed by atoms with van der Waals surface area (Å²) in [5.41, 5.74) is 0. The van der Waals surface area contributed by atoms with Gasteiger partial charge in [0.2, 0.25) is 0 Å². The molecule has 0 saturated carbocycles. The number of ether oxygens (including phenoxy) is 2. The van der Waals surface area contributed by atoms with Crippen molar-refractivity contribution in [1.82, 2.24) is 10.2 Å². The van der Waals surface area contributed by atoms with Crippen LogP contribution in [0.25, 0.3) is 0 Å². The van der Waals surface area contributed by atoms with Gasteiger partial charge in [-0.2, -0.15) is 0 Å². The molecule has 0 aromatic heterocycles. The van der Waals surface area contributed by atoms with Gasteiger partial charge >= 0.3 is 18.0 Å². The number of piperidine rings is 1. The lowest BCUT2D eigenvalue weighted by Gasteiger charge is -2.31. The lowest BCUT2D eigenvalue weighted by atomic mass is 9.97. The molecular formula is C13H22N2O6. The molecule has 1 unspecified atom stereocenters. The number of nitrogens with zero attached hydrogens (tertiary/aromatic N) is 1. The summed E-state index contributed by atoms with van der Waals surface area (Å²) in [4.78, 5) is 35.8. The average Bonchev–Trinajstić information content (AvgIpc) is 2.47. The van der Waals surface area contributed by atoms with Crippen molar-refractivity contribution in [3.8, 4) is 0 Å². The molecule has 0 radical (unpaired) electrons. The summed E-state index contributed by atoms with van der Waals surface area (Å²) in [6, 6.07) is -0.347. The quantitative estimate of drug-likeness (QED) is 0.673. The molecule has 21 heavy (non-hydrogen) atoms. The lowest BCUT2D eigenvalue weighted by Crippen LogP contribution is -2.48.